The van der Waals surface area contributed by atoms with Crippen molar-refractivity contribution in [2.24, 2.45) is 0 Å². The predicted octanol–water partition coefficient (Wildman–Crippen LogP) is 2.97. The molecule has 1 aromatic heterocycles. The van der Waals surface area contributed by atoms with E-state index in [0.29, 0.717) is 0 Å². The van der Waals surface area contributed by atoms with Crippen molar-refractivity contribution >= 4 is 22.9 Å². The van der Waals surface area contributed by atoms with E-state index < -0.39 is 0 Å². The van der Waals surface area contributed by atoms with Crippen molar-refractivity contribution in [1.82, 2.24) is 0 Å². The maximum Gasteiger partial charge on any atom is 0.0545 e. The van der Waals surface area contributed by atoms with Crippen LogP contribution in [0.2, 0.25) is 5.02 Å². The van der Waals surface area contributed by atoms with E-state index in [9.17, 15) is 0 Å². The lowest BCUT2D eigenvalue weighted by molar-refractivity contribution is 1.06. The van der Waals surface area contributed by atoms with E-state index in [1.807, 2.05) is 11.4 Å². The Kier molecular flexibility index (Phi) is 2.80. The van der Waals surface area contributed by atoms with Crippen molar-refractivity contribution in [1.29, 1.82) is 0 Å². The zero-order valence-corrected chi connectivity index (χ0v) is 7.00. The summed E-state index contributed by atoms with van der Waals surface area (Å²) in [7, 11) is 0. The SMILES string of the molecule is C#CCCc1sccc1Cl. The molecule has 0 bridgehead atoms. The van der Waals surface area contributed by atoms with Crippen LogP contribution in [0.3, 0.4) is 0 Å². The molecule has 0 spiro atoms. The second kappa shape index (κ2) is 3.65. The van der Waals surface area contributed by atoms with Crippen molar-refractivity contribution in [2.75, 3.05) is 0 Å². The molecule has 0 nitrogen and oxygen atoms in total. The molecule has 2 heteroatoms. The molecule has 52 valence electrons. The molecular weight excluding hydrogens is 164 g/mol. The summed E-state index contributed by atoms with van der Waals surface area (Å²) in [4.78, 5) is 1.19. The molecule has 0 amide bonds. The van der Waals surface area contributed by atoms with E-state index in [1.165, 1.54) is 4.88 Å². The molecule has 1 rings (SSSR count). The molecule has 0 saturated heterocycles. The van der Waals surface area contributed by atoms with Gasteiger partial charge >= 0.3 is 0 Å². The van der Waals surface area contributed by atoms with E-state index in [2.05, 4.69) is 5.92 Å². The van der Waals surface area contributed by atoms with Crippen LogP contribution in [-0.2, 0) is 6.42 Å². The normalized spacial score (nSPS) is 9.20. The van der Waals surface area contributed by atoms with Gasteiger partial charge in [-0.3, -0.25) is 0 Å². The number of aryl methyl sites for hydroxylation is 1. The Labute approximate surface area is 69.8 Å². The third-order valence-electron chi connectivity index (χ3n) is 1.19. The fourth-order valence-corrected chi connectivity index (χ4v) is 1.82. The van der Waals surface area contributed by atoms with Crippen LogP contribution in [0.5, 0.6) is 0 Å². The van der Waals surface area contributed by atoms with Gasteiger partial charge in [-0.1, -0.05) is 11.6 Å². The molecule has 1 heterocycles. The molecule has 0 aliphatic carbocycles. The van der Waals surface area contributed by atoms with Gasteiger partial charge in [0.2, 0.25) is 0 Å². The molecular formula is C8H7ClS. The Morgan fingerprint density at radius 1 is 1.70 bits per heavy atom. The average molecular weight is 171 g/mol. The molecule has 0 aliphatic heterocycles. The molecule has 0 unspecified atom stereocenters. The maximum absolute atomic E-state index is 5.82. The number of thiophene rings is 1. The predicted molar refractivity (Wildman–Crippen MR) is 46.5 cm³/mol. The average Bonchev–Trinajstić information content (AvgIpc) is 2.31. The first-order chi connectivity index (χ1) is 4.84. The largest absolute Gasteiger partial charge is 0.147 e. The van der Waals surface area contributed by atoms with Crippen LogP contribution < -0.4 is 0 Å². The van der Waals surface area contributed by atoms with Gasteiger partial charge in [0, 0.05) is 11.3 Å². The molecule has 0 aromatic carbocycles. The van der Waals surface area contributed by atoms with Gasteiger partial charge in [-0.2, -0.15) is 0 Å². The summed E-state index contributed by atoms with van der Waals surface area (Å²) in [5, 5.41) is 2.83. The Morgan fingerprint density at radius 3 is 3.00 bits per heavy atom. The molecule has 0 atom stereocenters. The molecule has 0 fully saturated rings. The van der Waals surface area contributed by atoms with E-state index in [0.717, 1.165) is 17.9 Å². The van der Waals surface area contributed by atoms with E-state index in [-0.39, 0.29) is 0 Å². The van der Waals surface area contributed by atoms with Crippen molar-refractivity contribution in [2.45, 2.75) is 12.8 Å². The fourth-order valence-electron chi connectivity index (χ4n) is 0.689. The molecule has 1 aromatic rings. The Morgan fingerprint density at radius 2 is 2.50 bits per heavy atom. The second-order valence-corrected chi connectivity index (χ2v) is 3.30. The first-order valence-corrected chi connectivity index (χ1v) is 4.25. The van der Waals surface area contributed by atoms with Crippen LogP contribution >= 0.6 is 22.9 Å². The summed E-state index contributed by atoms with van der Waals surface area (Å²) >= 11 is 7.48. The standard InChI is InChI=1S/C8H7ClS/c1-2-3-4-8-7(9)5-6-10-8/h1,5-6H,3-4H2. The van der Waals surface area contributed by atoms with Crippen LogP contribution in [0.15, 0.2) is 11.4 Å². The summed E-state index contributed by atoms with van der Waals surface area (Å²) in [5.74, 6) is 2.58. The summed E-state index contributed by atoms with van der Waals surface area (Å²) in [6, 6.07) is 1.90. The molecule has 0 N–H and O–H groups in total. The second-order valence-electron chi connectivity index (χ2n) is 1.90. The lowest BCUT2D eigenvalue weighted by Gasteiger charge is -1.90. The van der Waals surface area contributed by atoms with Gasteiger partial charge in [-0.15, -0.1) is 23.7 Å². The minimum absolute atomic E-state index is 0.778. The van der Waals surface area contributed by atoms with Gasteiger partial charge in [0.1, 0.15) is 0 Å². The van der Waals surface area contributed by atoms with Crippen molar-refractivity contribution in [3.8, 4) is 12.3 Å². The number of halogens is 1. The van der Waals surface area contributed by atoms with Crippen LogP contribution in [-0.4, -0.2) is 0 Å². The quantitative estimate of drug-likeness (QED) is 0.599. The van der Waals surface area contributed by atoms with E-state index in [1.54, 1.807) is 11.3 Å². The third-order valence-corrected chi connectivity index (χ3v) is 2.63. The van der Waals surface area contributed by atoms with Gasteiger partial charge in [0.05, 0.1) is 5.02 Å². The fraction of sp³-hybridized carbons (Fsp3) is 0.250. The van der Waals surface area contributed by atoms with Crippen LogP contribution in [0, 0.1) is 12.3 Å². The Balaban J connectivity index is 2.59. The number of terminal acetylenes is 1. The van der Waals surface area contributed by atoms with E-state index >= 15 is 0 Å². The van der Waals surface area contributed by atoms with Gasteiger partial charge in [-0.05, 0) is 17.9 Å². The molecule has 0 radical (unpaired) electrons. The van der Waals surface area contributed by atoms with Gasteiger partial charge < -0.3 is 0 Å². The summed E-state index contributed by atoms with van der Waals surface area (Å²) in [6.07, 6.45) is 6.79. The van der Waals surface area contributed by atoms with Crippen LogP contribution in [0.1, 0.15) is 11.3 Å². The van der Waals surface area contributed by atoms with Crippen molar-refractivity contribution in [3.05, 3.63) is 21.3 Å². The minimum Gasteiger partial charge on any atom is -0.147 e. The zero-order chi connectivity index (χ0) is 7.40. The lowest BCUT2D eigenvalue weighted by atomic mass is 10.3. The Hall–Kier alpha value is -0.450. The first-order valence-electron chi connectivity index (χ1n) is 3.00. The molecule has 0 saturated carbocycles. The first kappa shape index (κ1) is 7.65. The van der Waals surface area contributed by atoms with Crippen molar-refractivity contribution < 1.29 is 0 Å². The highest BCUT2D eigenvalue weighted by Crippen LogP contribution is 2.22. The number of rotatable bonds is 2. The number of hydrogen-bond donors (Lipinski definition) is 0. The molecule has 10 heavy (non-hydrogen) atoms. The molecule has 0 aliphatic rings. The summed E-state index contributed by atoms with van der Waals surface area (Å²) in [6.45, 7) is 0. The smallest absolute Gasteiger partial charge is 0.0545 e. The Bertz CT molecular complexity index is 244. The number of hydrogen-bond acceptors (Lipinski definition) is 1. The summed E-state index contributed by atoms with van der Waals surface area (Å²) in [5.41, 5.74) is 0. The van der Waals surface area contributed by atoms with E-state index in [4.69, 9.17) is 18.0 Å². The van der Waals surface area contributed by atoms with Gasteiger partial charge in [-0.25, -0.2) is 0 Å². The summed E-state index contributed by atoms with van der Waals surface area (Å²) < 4.78 is 0. The van der Waals surface area contributed by atoms with Gasteiger partial charge in [0.15, 0.2) is 0 Å². The highest BCUT2D eigenvalue weighted by molar-refractivity contribution is 7.10. The van der Waals surface area contributed by atoms with Crippen LogP contribution in [0.4, 0.5) is 0 Å². The van der Waals surface area contributed by atoms with Crippen LogP contribution in [0.25, 0.3) is 0 Å². The lowest BCUT2D eigenvalue weighted by Crippen LogP contribution is -1.76. The topological polar surface area (TPSA) is 0 Å². The maximum atomic E-state index is 5.82. The van der Waals surface area contributed by atoms with Gasteiger partial charge in [0.25, 0.3) is 0 Å². The minimum atomic E-state index is 0.778. The van der Waals surface area contributed by atoms with Crippen molar-refractivity contribution in [3.63, 3.8) is 0 Å². The monoisotopic (exact) mass is 170 g/mol. The highest BCUT2D eigenvalue weighted by Gasteiger charge is 1.98. The third kappa shape index (κ3) is 1.76. The highest BCUT2D eigenvalue weighted by atomic mass is 35.5. The zero-order valence-electron chi connectivity index (χ0n) is 5.43.